The van der Waals surface area contributed by atoms with Crippen LogP contribution in [0.3, 0.4) is 0 Å². The predicted molar refractivity (Wildman–Crippen MR) is 96.2 cm³/mol. The van der Waals surface area contributed by atoms with Crippen molar-refractivity contribution in [1.29, 1.82) is 0 Å². The summed E-state index contributed by atoms with van der Waals surface area (Å²) < 4.78 is 46.1. The third kappa shape index (κ3) is 4.05. The summed E-state index contributed by atoms with van der Waals surface area (Å²) in [5.41, 5.74) is 0.972. The van der Waals surface area contributed by atoms with Gasteiger partial charge >= 0.3 is 0 Å². The molecule has 7 nitrogen and oxygen atoms in total. The second-order valence-electron chi connectivity index (χ2n) is 6.33. The predicted octanol–water partition coefficient (Wildman–Crippen LogP) is 1.53. The van der Waals surface area contributed by atoms with Crippen molar-refractivity contribution in [3.63, 3.8) is 0 Å². The van der Waals surface area contributed by atoms with E-state index in [-0.39, 0.29) is 16.5 Å². The molecule has 26 heavy (non-hydrogen) atoms. The maximum absolute atomic E-state index is 13.9. The fraction of sp³-hybridized carbons (Fsp3) is 0.471. The van der Waals surface area contributed by atoms with Crippen molar-refractivity contribution in [2.75, 3.05) is 44.2 Å². The van der Waals surface area contributed by atoms with E-state index in [4.69, 9.17) is 4.52 Å². The fourth-order valence-corrected chi connectivity index (χ4v) is 4.54. The number of piperazine rings is 1. The van der Waals surface area contributed by atoms with Gasteiger partial charge in [-0.15, -0.1) is 0 Å². The van der Waals surface area contributed by atoms with E-state index in [0.717, 1.165) is 13.1 Å². The highest BCUT2D eigenvalue weighted by Crippen LogP contribution is 2.20. The first-order valence-electron chi connectivity index (χ1n) is 8.53. The normalized spacial score (nSPS) is 16.2. The second-order valence-corrected chi connectivity index (χ2v) is 8.03. The topological polar surface area (TPSA) is 78.7 Å². The van der Waals surface area contributed by atoms with E-state index < -0.39 is 10.0 Å². The minimum Gasteiger partial charge on any atom is -0.367 e. The zero-order valence-corrected chi connectivity index (χ0v) is 15.7. The number of hydrogen-bond donors (Lipinski definition) is 1. The largest absolute Gasteiger partial charge is 0.367 e. The molecule has 1 saturated heterocycles. The summed E-state index contributed by atoms with van der Waals surface area (Å²) in [6.07, 6.45) is 0. The highest BCUT2D eigenvalue weighted by atomic mass is 32.2. The van der Waals surface area contributed by atoms with Gasteiger partial charge < -0.3 is 9.42 Å². The van der Waals surface area contributed by atoms with E-state index in [2.05, 4.69) is 14.8 Å². The van der Waals surface area contributed by atoms with Gasteiger partial charge in [-0.1, -0.05) is 17.3 Å². The van der Waals surface area contributed by atoms with Crippen LogP contribution in [0, 0.1) is 19.7 Å². The van der Waals surface area contributed by atoms with Gasteiger partial charge in [-0.2, -0.15) is 0 Å². The average molecular weight is 382 g/mol. The Balaban J connectivity index is 1.49. The van der Waals surface area contributed by atoms with Crippen molar-refractivity contribution in [3.05, 3.63) is 41.5 Å². The van der Waals surface area contributed by atoms with Crippen LogP contribution in [0.1, 0.15) is 11.5 Å². The third-order valence-corrected chi connectivity index (χ3v) is 6.23. The molecular formula is C17H23FN4O3S. The number of para-hydroxylation sites is 1. The average Bonchev–Trinajstić information content (AvgIpc) is 2.95. The van der Waals surface area contributed by atoms with E-state index in [9.17, 15) is 12.8 Å². The molecule has 0 spiro atoms. The number of benzene rings is 1. The molecule has 2 heterocycles. The lowest BCUT2D eigenvalue weighted by atomic mass is 10.2. The van der Waals surface area contributed by atoms with Gasteiger partial charge in [-0.05, 0) is 26.0 Å². The molecular weight excluding hydrogens is 359 g/mol. The van der Waals surface area contributed by atoms with Crippen LogP contribution in [0.15, 0.2) is 33.7 Å². The lowest BCUT2D eigenvalue weighted by molar-refractivity contribution is 0.261. The molecule has 0 unspecified atom stereocenters. The van der Waals surface area contributed by atoms with Gasteiger partial charge in [0.2, 0.25) is 10.0 Å². The third-order valence-electron chi connectivity index (χ3n) is 4.52. The molecule has 0 saturated carbocycles. The highest BCUT2D eigenvalue weighted by Gasteiger charge is 2.24. The van der Waals surface area contributed by atoms with Crippen LogP contribution >= 0.6 is 0 Å². The van der Waals surface area contributed by atoms with E-state index in [1.165, 1.54) is 6.07 Å². The molecule has 2 aromatic rings. The van der Waals surface area contributed by atoms with Crippen LogP contribution in [0.4, 0.5) is 10.1 Å². The Kier molecular flexibility index (Phi) is 5.59. The number of nitrogens with zero attached hydrogens (tertiary/aromatic N) is 3. The molecule has 1 aromatic carbocycles. The Labute approximate surface area is 152 Å². The van der Waals surface area contributed by atoms with E-state index >= 15 is 0 Å². The summed E-state index contributed by atoms with van der Waals surface area (Å²) in [4.78, 5) is 4.29. The number of hydrogen-bond acceptors (Lipinski definition) is 6. The van der Waals surface area contributed by atoms with Crippen LogP contribution in [-0.2, 0) is 10.0 Å². The molecule has 142 valence electrons. The first kappa shape index (κ1) is 18.8. The zero-order chi connectivity index (χ0) is 18.7. The lowest BCUT2D eigenvalue weighted by Crippen LogP contribution is -2.48. The Morgan fingerprint density at radius 3 is 2.50 bits per heavy atom. The van der Waals surface area contributed by atoms with Gasteiger partial charge in [-0.3, -0.25) is 4.90 Å². The number of aryl methyl sites for hydroxylation is 2. The van der Waals surface area contributed by atoms with Crippen molar-refractivity contribution in [2.24, 2.45) is 0 Å². The van der Waals surface area contributed by atoms with Crippen molar-refractivity contribution in [3.8, 4) is 0 Å². The highest BCUT2D eigenvalue weighted by molar-refractivity contribution is 7.89. The van der Waals surface area contributed by atoms with Crippen molar-refractivity contribution >= 4 is 15.7 Å². The molecule has 9 heteroatoms. The smallest absolute Gasteiger partial charge is 0.246 e. The van der Waals surface area contributed by atoms with Crippen molar-refractivity contribution in [1.82, 2.24) is 14.8 Å². The second kappa shape index (κ2) is 7.73. The maximum Gasteiger partial charge on any atom is 0.246 e. The Bertz CT molecular complexity index is 841. The molecule has 3 rings (SSSR count). The lowest BCUT2D eigenvalue weighted by Gasteiger charge is -2.36. The van der Waals surface area contributed by atoms with Crippen molar-refractivity contribution < 1.29 is 17.3 Å². The van der Waals surface area contributed by atoms with Crippen LogP contribution < -0.4 is 9.62 Å². The number of aromatic nitrogens is 1. The number of sulfonamides is 1. The molecule has 0 aliphatic carbocycles. The summed E-state index contributed by atoms with van der Waals surface area (Å²) in [5, 5.41) is 3.68. The molecule has 0 radical (unpaired) electrons. The summed E-state index contributed by atoms with van der Waals surface area (Å²) in [6, 6.07) is 6.75. The Morgan fingerprint density at radius 2 is 1.88 bits per heavy atom. The standard InChI is InChI=1S/C17H23FN4O3S/c1-13-17(14(2)25-20-13)26(23,24)19-7-8-21-9-11-22(12-10-21)16-6-4-3-5-15(16)18/h3-6,19H,7-12H2,1-2H3. The molecule has 1 aliphatic heterocycles. The van der Waals surface area contributed by atoms with Crippen molar-refractivity contribution in [2.45, 2.75) is 18.7 Å². The molecule has 1 fully saturated rings. The number of halogens is 1. The maximum atomic E-state index is 13.9. The van der Waals surface area contributed by atoms with Crippen LogP contribution in [0.2, 0.25) is 0 Å². The molecule has 0 bridgehead atoms. The molecule has 0 amide bonds. The number of nitrogens with one attached hydrogen (secondary N) is 1. The molecule has 1 aliphatic rings. The molecule has 0 atom stereocenters. The van der Waals surface area contributed by atoms with Gasteiger partial charge in [-0.25, -0.2) is 17.5 Å². The Hall–Kier alpha value is -1.97. The van der Waals surface area contributed by atoms with E-state index in [1.807, 2.05) is 11.0 Å². The first-order valence-corrected chi connectivity index (χ1v) is 10.0. The minimum atomic E-state index is -3.63. The summed E-state index contributed by atoms with van der Waals surface area (Å²) in [7, 11) is -3.63. The summed E-state index contributed by atoms with van der Waals surface area (Å²) in [6.45, 7) is 6.99. The van der Waals surface area contributed by atoms with Gasteiger partial charge in [0, 0.05) is 39.3 Å². The van der Waals surface area contributed by atoms with Crippen LogP contribution in [-0.4, -0.2) is 57.7 Å². The van der Waals surface area contributed by atoms with Gasteiger partial charge in [0.1, 0.15) is 16.4 Å². The monoisotopic (exact) mass is 382 g/mol. The van der Waals surface area contributed by atoms with E-state index in [1.54, 1.807) is 26.0 Å². The van der Waals surface area contributed by atoms with Gasteiger partial charge in [0.05, 0.1) is 5.69 Å². The number of rotatable bonds is 6. The van der Waals surface area contributed by atoms with Gasteiger partial charge in [0.15, 0.2) is 5.76 Å². The molecule has 1 N–H and O–H groups in total. The SMILES string of the molecule is Cc1noc(C)c1S(=O)(=O)NCCN1CCN(c2ccccc2F)CC1. The van der Waals surface area contributed by atoms with E-state index in [0.29, 0.717) is 37.6 Å². The van der Waals surface area contributed by atoms with Crippen LogP contribution in [0.25, 0.3) is 0 Å². The summed E-state index contributed by atoms with van der Waals surface area (Å²) >= 11 is 0. The zero-order valence-electron chi connectivity index (χ0n) is 14.9. The Morgan fingerprint density at radius 1 is 1.19 bits per heavy atom. The summed E-state index contributed by atoms with van der Waals surface area (Å²) in [5.74, 6) is 0.0710. The number of anilines is 1. The minimum absolute atomic E-state index is 0.113. The molecule has 1 aromatic heterocycles. The quantitative estimate of drug-likeness (QED) is 0.816. The van der Waals surface area contributed by atoms with Gasteiger partial charge in [0.25, 0.3) is 0 Å². The fourth-order valence-electron chi connectivity index (χ4n) is 3.19. The first-order chi connectivity index (χ1) is 12.4. The van der Waals surface area contributed by atoms with Crippen LogP contribution in [0.5, 0.6) is 0 Å².